The number of nitrogens with one attached hydrogen (secondary N) is 1. The molecule has 1 amide bonds. The van der Waals surface area contributed by atoms with E-state index < -0.39 is 0 Å². The van der Waals surface area contributed by atoms with Crippen molar-refractivity contribution in [1.82, 2.24) is 5.43 Å². The number of ether oxygens (including phenoxy) is 1. The quantitative estimate of drug-likeness (QED) is 0.270. The highest BCUT2D eigenvalue weighted by Crippen LogP contribution is 2.21. The minimum absolute atomic E-state index is 0.0766. The smallest absolute Gasteiger partial charge is 0.240 e. The second-order valence-corrected chi connectivity index (χ2v) is 7.63. The van der Waals surface area contributed by atoms with Gasteiger partial charge in [0.15, 0.2) is 0 Å². The van der Waals surface area contributed by atoms with E-state index in [1.807, 2.05) is 54.6 Å². The number of fused-ring (bicyclic) bond motifs is 1. The van der Waals surface area contributed by atoms with Gasteiger partial charge in [-0.2, -0.15) is 5.10 Å². The lowest BCUT2D eigenvalue weighted by atomic mass is 10.1. The fraction of sp³-hybridized carbons (Fsp3) is 0.143. The van der Waals surface area contributed by atoms with Crippen LogP contribution in [0.4, 0.5) is 0 Å². The highest BCUT2D eigenvalue weighted by molar-refractivity contribution is 5.85. The van der Waals surface area contributed by atoms with Crippen LogP contribution < -0.4 is 10.2 Å². The molecule has 0 bridgehead atoms. The van der Waals surface area contributed by atoms with E-state index in [-0.39, 0.29) is 5.91 Å². The number of amides is 1. The van der Waals surface area contributed by atoms with Gasteiger partial charge in [0, 0.05) is 6.42 Å². The van der Waals surface area contributed by atoms with Crippen LogP contribution in [0.5, 0.6) is 5.75 Å². The van der Waals surface area contributed by atoms with E-state index in [1.54, 1.807) is 6.21 Å². The molecule has 0 saturated heterocycles. The maximum Gasteiger partial charge on any atom is 0.240 e. The van der Waals surface area contributed by atoms with E-state index in [0.29, 0.717) is 13.0 Å². The molecule has 4 aromatic rings. The first-order valence-corrected chi connectivity index (χ1v) is 10.8. The number of hydrogen-bond donors (Lipinski definition) is 1. The Morgan fingerprint density at radius 1 is 0.844 bits per heavy atom. The second-order valence-electron chi connectivity index (χ2n) is 7.63. The molecule has 0 aromatic heterocycles. The molecule has 4 heteroatoms. The molecule has 4 nitrogen and oxygen atoms in total. The lowest BCUT2D eigenvalue weighted by Crippen LogP contribution is -2.17. The van der Waals surface area contributed by atoms with Gasteiger partial charge in [0.25, 0.3) is 0 Å². The van der Waals surface area contributed by atoms with Crippen LogP contribution in [-0.2, 0) is 17.8 Å². The van der Waals surface area contributed by atoms with E-state index in [0.717, 1.165) is 29.7 Å². The van der Waals surface area contributed by atoms with E-state index in [2.05, 4.69) is 53.0 Å². The summed E-state index contributed by atoms with van der Waals surface area (Å²) in [5.41, 5.74) is 5.89. The third-order valence-corrected chi connectivity index (χ3v) is 5.27. The summed E-state index contributed by atoms with van der Waals surface area (Å²) in [5, 5.41) is 6.48. The molecule has 4 rings (SSSR count). The maximum atomic E-state index is 11.9. The molecular formula is C28H26N2O2. The van der Waals surface area contributed by atoms with Crippen LogP contribution in [0, 0.1) is 0 Å². The average Bonchev–Trinajstić information content (AvgIpc) is 2.84. The zero-order valence-corrected chi connectivity index (χ0v) is 17.9. The summed E-state index contributed by atoms with van der Waals surface area (Å²) in [4.78, 5) is 11.9. The fourth-order valence-corrected chi connectivity index (χ4v) is 3.56. The van der Waals surface area contributed by atoms with Crippen molar-refractivity contribution < 1.29 is 9.53 Å². The maximum absolute atomic E-state index is 11.9. The van der Waals surface area contributed by atoms with Crippen LogP contribution in [-0.4, -0.2) is 12.1 Å². The lowest BCUT2D eigenvalue weighted by Gasteiger charge is -2.09. The lowest BCUT2D eigenvalue weighted by molar-refractivity contribution is -0.121. The van der Waals surface area contributed by atoms with Crippen molar-refractivity contribution >= 4 is 22.9 Å². The van der Waals surface area contributed by atoms with Crippen molar-refractivity contribution in [3.05, 3.63) is 114 Å². The third-order valence-electron chi connectivity index (χ3n) is 5.27. The van der Waals surface area contributed by atoms with Crippen LogP contribution in [0.1, 0.15) is 29.5 Å². The van der Waals surface area contributed by atoms with E-state index in [9.17, 15) is 4.79 Å². The molecule has 0 spiro atoms. The summed E-state index contributed by atoms with van der Waals surface area (Å²) in [6.07, 6.45) is 3.78. The minimum Gasteiger partial charge on any atom is -0.489 e. The number of carbonyl (C=O) groups is 1. The molecule has 32 heavy (non-hydrogen) atoms. The van der Waals surface area contributed by atoms with E-state index in [4.69, 9.17) is 4.74 Å². The molecule has 4 aromatic carbocycles. The predicted octanol–water partition coefficient (Wildman–Crippen LogP) is 5.89. The zero-order valence-electron chi connectivity index (χ0n) is 17.9. The molecule has 1 N–H and O–H groups in total. The molecule has 0 radical (unpaired) electrons. The van der Waals surface area contributed by atoms with Crippen molar-refractivity contribution in [1.29, 1.82) is 0 Å². The van der Waals surface area contributed by atoms with Crippen molar-refractivity contribution in [2.24, 2.45) is 5.10 Å². The Morgan fingerprint density at radius 3 is 2.44 bits per heavy atom. The van der Waals surface area contributed by atoms with Gasteiger partial charge in [-0.05, 0) is 64.6 Å². The number of nitrogens with zero attached hydrogens (tertiary/aromatic N) is 1. The molecule has 0 fully saturated rings. The molecule has 160 valence electrons. The number of rotatable bonds is 9. The van der Waals surface area contributed by atoms with Crippen molar-refractivity contribution in [2.45, 2.75) is 25.9 Å². The summed E-state index contributed by atoms with van der Waals surface area (Å²) in [7, 11) is 0. The molecule has 0 heterocycles. The summed E-state index contributed by atoms with van der Waals surface area (Å²) in [6.45, 7) is 0.508. The van der Waals surface area contributed by atoms with Gasteiger partial charge >= 0.3 is 0 Å². The topological polar surface area (TPSA) is 50.7 Å². The van der Waals surface area contributed by atoms with Crippen LogP contribution in [0.2, 0.25) is 0 Å². The normalized spacial score (nSPS) is 11.0. The highest BCUT2D eigenvalue weighted by Gasteiger charge is 2.02. The van der Waals surface area contributed by atoms with Gasteiger partial charge in [-0.1, -0.05) is 72.8 Å². The van der Waals surface area contributed by atoms with Gasteiger partial charge < -0.3 is 4.74 Å². The van der Waals surface area contributed by atoms with Gasteiger partial charge in [0.1, 0.15) is 12.4 Å². The Kier molecular flexibility index (Phi) is 7.27. The first-order valence-electron chi connectivity index (χ1n) is 10.8. The number of hydrogen-bond acceptors (Lipinski definition) is 3. The number of hydrazone groups is 1. The summed E-state index contributed by atoms with van der Waals surface area (Å²) >= 11 is 0. The molecular weight excluding hydrogens is 396 g/mol. The predicted molar refractivity (Wildman–Crippen MR) is 130 cm³/mol. The van der Waals surface area contributed by atoms with Crippen LogP contribution in [0.15, 0.2) is 102 Å². The monoisotopic (exact) mass is 422 g/mol. The highest BCUT2D eigenvalue weighted by atomic mass is 16.5. The van der Waals surface area contributed by atoms with Gasteiger partial charge in [-0.15, -0.1) is 0 Å². The first kappa shape index (κ1) is 21.3. The molecule has 0 saturated carbocycles. The SMILES string of the molecule is O=C(CCCc1ccccc1)NN=Cc1ccc(OCc2cccc3ccccc23)cc1. The molecule has 0 atom stereocenters. The average molecular weight is 423 g/mol. The van der Waals surface area contributed by atoms with Crippen molar-refractivity contribution in [3.63, 3.8) is 0 Å². The standard InChI is InChI=1S/C28H26N2O2/c31-28(15-6-10-22-8-2-1-3-9-22)30-29-20-23-16-18-26(19-17-23)32-21-25-13-7-12-24-11-4-5-14-27(24)25/h1-5,7-9,11-14,16-20H,6,10,15,21H2,(H,30,31). The Hall–Kier alpha value is -3.92. The molecule has 0 unspecified atom stereocenters. The van der Waals surface area contributed by atoms with Gasteiger partial charge in [-0.25, -0.2) is 5.43 Å². The van der Waals surface area contributed by atoms with Crippen LogP contribution >= 0.6 is 0 Å². The Bertz CT molecular complexity index is 1180. The number of carbonyl (C=O) groups excluding carboxylic acids is 1. The Labute approximate surface area is 188 Å². The number of benzene rings is 4. The van der Waals surface area contributed by atoms with Gasteiger partial charge in [-0.3, -0.25) is 4.79 Å². The Balaban J connectivity index is 1.22. The number of aryl methyl sites for hydroxylation is 1. The van der Waals surface area contributed by atoms with Crippen LogP contribution in [0.25, 0.3) is 10.8 Å². The largest absolute Gasteiger partial charge is 0.489 e. The summed E-state index contributed by atoms with van der Waals surface area (Å²) in [5.74, 6) is 0.715. The molecule has 0 aliphatic rings. The van der Waals surface area contributed by atoms with Gasteiger partial charge in [0.05, 0.1) is 6.21 Å². The van der Waals surface area contributed by atoms with Crippen molar-refractivity contribution in [2.75, 3.05) is 0 Å². The minimum atomic E-state index is -0.0766. The molecule has 0 aliphatic carbocycles. The van der Waals surface area contributed by atoms with E-state index in [1.165, 1.54) is 16.3 Å². The zero-order chi connectivity index (χ0) is 22.0. The summed E-state index contributed by atoms with van der Waals surface area (Å²) in [6, 6.07) is 32.4. The summed E-state index contributed by atoms with van der Waals surface area (Å²) < 4.78 is 5.96. The third kappa shape index (κ3) is 6.05. The van der Waals surface area contributed by atoms with E-state index >= 15 is 0 Å². The molecule has 0 aliphatic heterocycles. The second kappa shape index (κ2) is 10.9. The Morgan fingerprint density at radius 2 is 1.59 bits per heavy atom. The van der Waals surface area contributed by atoms with Crippen LogP contribution in [0.3, 0.4) is 0 Å². The van der Waals surface area contributed by atoms with Gasteiger partial charge in [0.2, 0.25) is 5.91 Å². The fourth-order valence-electron chi connectivity index (χ4n) is 3.56. The van der Waals surface area contributed by atoms with Crippen molar-refractivity contribution in [3.8, 4) is 5.75 Å². The first-order chi connectivity index (χ1) is 15.8.